The van der Waals surface area contributed by atoms with E-state index in [4.69, 9.17) is 0 Å². The van der Waals surface area contributed by atoms with Crippen molar-refractivity contribution in [2.45, 2.75) is 57.2 Å². The number of hydrogen-bond donors (Lipinski definition) is 0. The predicted molar refractivity (Wildman–Crippen MR) is 49.7 cm³/mol. The van der Waals surface area contributed by atoms with Crippen LogP contribution in [-0.4, -0.2) is 15.7 Å². The molecule has 0 saturated carbocycles. The van der Waals surface area contributed by atoms with E-state index in [9.17, 15) is 3.52 Å². The van der Waals surface area contributed by atoms with Crippen LogP contribution in [0.4, 0.5) is 3.52 Å². The highest BCUT2D eigenvalue weighted by Gasteiger charge is 1.92. The average Bonchev–Trinajstić information content (AvgIpc) is 2.03. The Labute approximate surface area is 76.8 Å². The van der Waals surface area contributed by atoms with Crippen molar-refractivity contribution < 1.29 is 3.52 Å². The SMILES string of the molecule is CCCCCCCC[CH2][Al][F]. The zero-order chi connectivity index (χ0) is 8.36. The molecule has 0 saturated heterocycles. The molecule has 0 rings (SSSR count). The van der Waals surface area contributed by atoms with Gasteiger partial charge in [0, 0.05) is 0 Å². The zero-order valence-electron chi connectivity index (χ0n) is 7.61. The molecule has 0 amide bonds. The maximum atomic E-state index is 11.7. The largest absolute Gasteiger partial charge is 0.490 e. The molecule has 65 valence electrons. The van der Waals surface area contributed by atoms with Gasteiger partial charge >= 0.3 is 15.7 Å². The molecule has 11 heavy (non-hydrogen) atoms. The van der Waals surface area contributed by atoms with E-state index >= 15 is 0 Å². The Morgan fingerprint density at radius 3 is 2.00 bits per heavy atom. The fraction of sp³-hybridized carbons (Fsp3) is 1.00. The quantitative estimate of drug-likeness (QED) is 0.387. The second-order valence-electron chi connectivity index (χ2n) is 3.06. The van der Waals surface area contributed by atoms with Gasteiger partial charge in [-0.1, -0.05) is 57.2 Å². The van der Waals surface area contributed by atoms with Crippen molar-refractivity contribution in [1.82, 2.24) is 0 Å². The van der Waals surface area contributed by atoms with Crippen LogP contribution >= 0.6 is 0 Å². The first-order valence-corrected chi connectivity index (χ1v) is 6.09. The lowest BCUT2D eigenvalue weighted by atomic mass is 10.1. The van der Waals surface area contributed by atoms with Crippen molar-refractivity contribution in [2.75, 3.05) is 0 Å². The number of hydrogen-bond acceptors (Lipinski definition) is 0. The van der Waals surface area contributed by atoms with Gasteiger partial charge in [-0.25, -0.2) is 0 Å². The third-order valence-electron chi connectivity index (χ3n) is 1.92. The van der Waals surface area contributed by atoms with E-state index in [1.165, 1.54) is 38.5 Å². The molecule has 2 heteroatoms. The van der Waals surface area contributed by atoms with Crippen LogP contribution in [0.2, 0.25) is 5.28 Å². The fourth-order valence-corrected chi connectivity index (χ4v) is 1.62. The van der Waals surface area contributed by atoms with Gasteiger partial charge < -0.3 is 3.52 Å². The summed E-state index contributed by atoms with van der Waals surface area (Å²) in [7, 11) is 0. The first-order chi connectivity index (χ1) is 5.41. The zero-order valence-corrected chi connectivity index (χ0v) is 8.77. The standard InChI is InChI=1S/C9H19.Al.FH/c1-3-5-7-9-8-6-4-2;;/h1,3-9H2,2H3;;1H/q;+1;/p-1. The molecule has 0 fully saturated rings. The predicted octanol–water partition coefficient (Wildman–Crippen LogP) is 3.74. The molecule has 0 heterocycles. The molecule has 0 aromatic heterocycles. The van der Waals surface area contributed by atoms with E-state index in [0.717, 1.165) is 11.7 Å². The van der Waals surface area contributed by atoms with Gasteiger partial charge in [-0.15, -0.1) is 0 Å². The van der Waals surface area contributed by atoms with E-state index in [0.29, 0.717) is 0 Å². The van der Waals surface area contributed by atoms with E-state index in [1.807, 2.05) is 0 Å². The molecule has 0 aliphatic heterocycles. The van der Waals surface area contributed by atoms with Gasteiger partial charge in [0.15, 0.2) is 0 Å². The van der Waals surface area contributed by atoms with Gasteiger partial charge in [0.05, 0.1) is 0 Å². The van der Waals surface area contributed by atoms with E-state index in [-0.39, 0.29) is 0 Å². The van der Waals surface area contributed by atoms with Crippen LogP contribution < -0.4 is 0 Å². The molecule has 0 spiro atoms. The Balaban J connectivity index is 2.69. The highest BCUT2D eigenvalue weighted by molar-refractivity contribution is 6.25. The molecule has 0 bridgehead atoms. The Hall–Kier alpha value is 0.462. The number of halogens is 1. The van der Waals surface area contributed by atoms with Gasteiger partial charge in [-0.2, -0.15) is 0 Å². The topological polar surface area (TPSA) is 0 Å². The molecule has 0 N–H and O–H groups in total. The third kappa shape index (κ3) is 10.5. The molecule has 0 atom stereocenters. The summed E-state index contributed by atoms with van der Waals surface area (Å²) in [6, 6.07) is 0. The van der Waals surface area contributed by atoms with Crippen LogP contribution in [0.3, 0.4) is 0 Å². The number of rotatable bonds is 8. The fourth-order valence-electron chi connectivity index (χ4n) is 1.18. The van der Waals surface area contributed by atoms with Gasteiger partial charge in [0.2, 0.25) is 0 Å². The molecule has 0 aromatic rings. The van der Waals surface area contributed by atoms with Crippen LogP contribution in [0, 0.1) is 0 Å². The van der Waals surface area contributed by atoms with Gasteiger partial charge in [-0.05, 0) is 0 Å². The monoisotopic (exact) mass is 173 g/mol. The van der Waals surface area contributed by atoms with Crippen molar-refractivity contribution in [3.8, 4) is 0 Å². The molecule has 0 aromatic carbocycles. The van der Waals surface area contributed by atoms with Crippen molar-refractivity contribution >= 4 is 15.7 Å². The molecular formula is C9H19AlF. The van der Waals surface area contributed by atoms with Gasteiger partial charge in [0.25, 0.3) is 0 Å². The average molecular weight is 173 g/mol. The minimum atomic E-state index is -0.730. The minimum absolute atomic E-state index is 0.730. The van der Waals surface area contributed by atoms with Crippen molar-refractivity contribution in [2.24, 2.45) is 0 Å². The normalized spacial score (nSPS) is 10.0. The van der Waals surface area contributed by atoms with Crippen LogP contribution in [0.25, 0.3) is 0 Å². The lowest BCUT2D eigenvalue weighted by Gasteiger charge is -1.98. The minimum Gasteiger partial charge on any atom is -0.432 e. The summed E-state index contributed by atoms with van der Waals surface area (Å²) in [5, 5.41) is 0.855. The Bertz CT molecular complexity index is 58.6. The first kappa shape index (κ1) is 11.5. The highest BCUT2D eigenvalue weighted by atomic mass is 27.2. The summed E-state index contributed by atoms with van der Waals surface area (Å²) in [5.41, 5.74) is 0. The van der Waals surface area contributed by atoms with Gasteiger partial charge in [0.1, 0.15) is 0 Å². The van der Waals surface area contributed by atoms with Crippen LogP contribution in [-0.2, 0) is 0 Å². The Morgan fingerprint density at radius 2 is 1.45 bits per heavy atom. The summed E-state index contributed by atoms with van der Waals surface area (Å²) in [4.78, 5) is 0. The third-order valence-corrected chi connectivity index (χ3v) is 2.54. The number of unbranched alkanes of at least 4 members (excludes halogenated alkanes) is 6. The maximum absolute atomic E-state index is 11.7. The van der Waals surface area contributed by atoms with Crippen LogP contribution in [0.15, 0.2) is 0 Å². The van der Waals surface area contributed by atoms with Crippen LogP contribution in [0.1, 0.15) is 51.9 Å². The highest BCUT2D eigenvalue weighted by Crippen LogP contribution is 2.08. The van der Waals surface area contributed by atoms with E-state index in [1.54, 1.807) is 0 Å². The lowest BCUT2D eigenvalue weighted by Crippen LogP contribution is -1.82. The van der Waals surface area contributed by atoms with Gasteiger partial charge in [-0.3, -0.25) is 0 Å². The summed E-state index contributed by atoms with van der Waals surface area (Å²) in [5.74, 6) is 0. The summed E-state index contributed by atoms with van der Waals surface area (Å²) in [6.07, 6.45) is 9.11. The van der Waals surface area contributed by atoms with E-state index in [2.05, 4.69) is 6.92 Å². The second-order valence-corrected chi connectivity index (χ2v) is 3.95. The summed E-state index contributed by atoms with van der Waals surface area (Å²) >= 11 is -0.730. The lowest BCUT2D eigenvalue weighted by molar-refractivity contribution is 0.599. The van der Waals surface area contributed by atoms with Crippen molar-refractivity contribution in [3.63, 3.8) is 0 Å². The Kier molecular flexibility index (Phi) is 10.9. The summed E-state index contributed by atoms with van der Waals surface area (Å²) in [6.45, 7) is 2.23. The summed E-state index contributed by atoms with van der Waals surface area (Å²) < 4.78 is 11.7. The molecule has 0 aliphatic rings. The van der Waals surface area contributed by atoms with Crippen LogP contribution in [0.5, 0.6) is 0 Å². The first-order valence-electron chi connectivity index (χ1n) is 4.83. The smallest absolute Gasteiger partial charge is 0.432 e. The maximum Gasteiger partial charge on any atom is 0.490 e. The molecule has 1 radical (unpaired) electrons. The molecular weight excluding hydrogens is 154 g/mol. The van der Waals surface area contributed by atoms with Crippen molar-refractivity contribution in [3.05, 3.63) is 0 Å². The molecule has 0 unspecified atom stereocenters. The molecule has 0 nitrogen and oxygen atoms in total. The Morgan fingerprint density at radius 1 is 0.909 bits per heavy atom. The van der Waals surface area contributed by atoms with E-state index < -0.39 is 15.7 Å². The molecule has 0 aliphatic carbocycles. The van der Waals surface area contributed by atoms with Crippen molar-refractivity contribution in [1.29, 1.82) is 0 Å². The second kappa shape index (κ2) is 10.5.